The van der Waals surface area contributed by atoms with E-state index < -0.39 is 5.92 Å². The fourth-order valence-electron chi connectivity index (χ4n) is 2.88. The molecule has 1 aliphatic heterocycles. The molecule has 25 heavy (non-hydrogen) atoms. The number of carbonyl (C=O) groups excluding carboxylic acids is 2. The maximum Gasteiger partial charge on any atom is 0.228 e. The molecule has 2 amide bonds. The molecule has 1 aromatic heterocycles. The molecule has 0 radical (unpaired) electrons. The molecule has 0 bridgehead atoms. The maximum atomic E-state index is 12.6. The minimum absolute atomic E-state index is 0.0843. The first kappa shape index (κ1) is 16.9. The van der Waals surface area contributed by atoms with Crippen molar-refractivity contribution in [2.45, 2.75) is 26.3 Å². The van der Waals surface area contributed by atoms with Crippen molar-refractivity contribution in [3.8, 4) is 5.75 Å². The van der Waals surface area contributed by atoms with Crippen molar-refractivity contribution in [1.29, 1.82) is 0 Å². The van der Waals surface area contributed by atoms with E-state index in [4.69, 9.17) is 4.52 Å². The standard InChI is InChI=1S/C17H20N4O4/c1-3-15-18-14(19-25-15)10-20(2)17(24)11-7-16(23)21(9-11)12-5-4-6-13(22)8-12/h4-6,8,11,22H,3,7,9-10H2,1-2H3/t11-/m1/s1. The molecule has 3 rings (SSSR count). The average Bonchev–Trinajstić information content (AvgIpc) is 3.20. The SMILES string of the molecule is CCc1nc(CN(C)C(=O)[C@@H]2CC(=O)N(c3cccc(O)c3)C2)no1. The Kier molecular flexibility index (Phi) is 4.69. The summed E-state index contributed by atoms with van der Waals surface area (Å²) in [6.07, 6.45) is 0.784. The Hall–Kier alpha value is -2.90. The highest BCUT2D eigenvalue weighted by Crippen LogP contribution is 2.28. The molecule has 8 heteroatoms. The number of phenols is 1. The van der Waals surface area contributed by atoms with Gasteiger partial charge in [0.25, 0.3) is 0 Å². The first-order valence-electron chi connectivity index (χ1n) is 8.13. The molecule has 1 N–H and O–H groups in total. The number of aromatic nitrogens is 2. The number of carbonyl (C=O) groups is 2. The molecular formula is C17H20N4O4. The number of rotatable bonds is 5. The Morgan fingerprint density at radius 3 is 2.96 bits per heavy atom. The number of hydrogen-bond donors (Lipinski definition) is 1. The first-order chi connectivity index (χ1) is 12.0. The number of aromatic hydroxyl groups is 1. The second-order valence-electron chi connectivity index (χ2n) is 6.08. The highest BCUT2D eigenvalue weighted by Gasteiger charge is 2.36. The van der Waals surface area contributed by atoms with Crippen molar-refractivity contribution >= 4 is 17.5 Å². The van der Waals surface area contributed by atoms with Crippen molar-refractivity contribution in [2.75, 3.05) is 18.5 Å². The summed E-state index contributed by atoms with van der Waals surface area (Å²) in [6.45, 7) is 2.43. The van der Waals surface area contributed by atoms with Gasteiger partial charge in [0.05, 0.1) is 12.5 Å². The molecule has 2 heterocycles. The fraction of sp³-hybridized carbons (Fsp3) is 0.412. The Balaban J connectivity index is 1.65. The van der Waals surface area contributed by atoms with E-state index in [2.05, 4.69) is 10.1 Å². The number of amides is 2. The van der Waals surface area contributed by atoms with Gasteiger partial charge in [0, 0.05) is 38.2 Å². The van der Waals surface area contributed by atoms with Gasteiger partial charge in [0.15, 0.2) is 5.82 Å². The minimum Gasteiger partial charge on any atom is -0.508 e. The van der Waals surface area contributed by atoms with Crippen LogP contribution in [0.15, 0.2) is 28.8 Å². The highest BCUT2D eigenvalue weighted by atomic mass is 16.5. The number of nitrogens with zero attached hydrogens (tertiary/aromatic N) is 4. The first-order valence-corrected chi connectivity index (χ1v) is 8.13. The molecule has 2 aromatic rings. The van der Waals surface area contributed by atoms with Crippen LogP contribution in [0.1, 0.15) is 25.1 Å². The van der Waals surface area contributed by atoms with E-state index in [1.807, 2.05) is 6.92 Å². The van der Waals surface area contributed by atoms with Crippen molar-refractivity contribution in [2.24, 2.45) is 5.92 Å². The van der Waals surface area contributed by atoms with E-state index in [-0.39, 0.29) is 37.1 Å². The van der Waals surface area contributed by atoms with Crippen LogP contribution >= 0.6 is 0 Å². The van der Waals surface area contributed by atoms with Gasteiger partial charge in [0.1, 0.15) is 5.75 Å². The van der Waals surface area contributed by atoms with E-state index in [9.17, 15) is 14.7 Å². The zero-order valence-electron chi connectivity index (χ0n) is 14.2. The van der Waals surface area contributed by atoms with E-state index in [1.165, 1.54) is 21.9 Å². The minimum atomic E-state index is -0.433. The number of anilines is 1. The van der Waals surface area contributed by atoms with E-state index in [0.29, 0.717) is 23.8 Å². The largest absolute Gasteiger partial charge is 0.508 e. The molecule has 1 saturated heterocycles. The molecule has 0 saturated carbocycles. The number of benzene rings is 1. The summed E-state index contributed by atoms with van der Waals surface area (Å²) in [5.41, 5.74) is 0.591. The van der Waals surface area contributed by atoms with Gasteiger partial charge in [-0.3, -0.25) is 9.59 Å². The van der Waals surface area contributed by atoms with Gasteiger partial charge in [-0.05, 0) is 12.1 Å². The summed E-state index contributed by atoms with van der Waals surface area (Å²) in [5, 5.41) is 13.4. The van der Waals surface area contributed by atoms with Crippen LogP contribution in [0.25, 0.3) is 0 Å². The van der Waals surface area contributed by atoms with Crippen LogP contribution in [-0.4, -0.2) is 45.6 Å². The molecule has 1 aliphatic rings. The average molecular weight is 344 g/mol. The van der Waals surface area contributed by atoms with Gasteiger partial charge in [0.2, 0.25) is 17.7 Å². The lowest BCUT2D eigenvalue weighted by Crippen LogP contribution is -2.34. The molecule has 0 spiro atoms. The van der Waals surface area contributed by atoms with Gasteiger partial charge in [-0.25, -0.2) is 0 Å². The van der Waals surface area contributed by atoms with E-state index >= 15 is 0 Å². The van der Waals surface area contributed by atoms with Gasteiger partial charge < -0.3 is 19.4 Å². The summed E-state index contributed by atoms with van der Waals surface area (Å²) in [6, 6.07) is 6.45. The van der Waals surface area contributed by atoms with Gasteiger partial charge >= 0.3 is 0 Å². The fourth-order valence-corrected chi connectivity index (χ4v) is 2.88. The zero-order chi connectivity index (χ0) is 18.0. The molecule has 8 nitrogen and oxygen atoms in total. The van der Waals surface area contributed by atoms with Crippen molar-refractivity contribution in [3.63, 3.8) is 0 Å². The second-order valence-corrected chi connectivity index (χ2v) is 6.08. The van der Waals surface area contributed by atoms with Crippen LogP contribution < -0.4 is 4.90 Å². The smallest absolute Gasteiger partial charge is 0.228 e. The van der Waals surface area contributed by atoms with Crippen molar-refractivity contribution in [1.82, 2.24) is 15.0 Å². The van der Waals surface area contributed by atoms with Crippen LogP contribution in [0.2, 0.25) is 0 Å². The van der Waals surface area contributed by atoms with Crippen LogP contribution in [-0.2, 0) is 22.6 Å². The van der Waals surface area contributed by atoms with Gasteiger partial charge in [-0.15, -0.1) is 0 Å². The summed E-state index contributed by atoms with van der Waals surface area (Å²) < 4.78 is 5.04. The molecule has 0 unspecified atom stereocenters. The number of phenolic OH excluding ortho intramolecular Hbond substituents is 1. The molecular weight excluding hydrogens is 324 g/mol. The van der Waals surface area contributed by atoms with Crippen LogP contribution in [0.4, 0.5) is 5.69 Å². The van der Waals surface area contributed by atoms with Gasteiger partial charge in [-0.1, -0.05) is 18.1 Å². The Morgan fingerprint density at radius 1 is 1.48 bits per heavy atom. The Labute approximate surface area is 145 Å². The number of aryl methyl sites for hydroxylation is 1. The third-order valence-corrected chi connectivity index (χ3v) is 4.18. The lowest BCUT2D eigenvalue weighted by Gasteiger charge is -2.20. The summed E-state index contributed by atoms with van der Waals surface area (Å²) in [5.74, 6) is 0.353. The lowest BCUT2D eigenvalue weighted by atomic mass is 10.1. The second kappa shape index (κ2) is 6.92. The quantitative estimate of drug-likeness (QED) is 0.879. The predicted molar refractivity (Wildman–Crippen MR) is 88.7 cm³/mol. The summed E-state index contributed by atoms with van der Waals surface area (Å²) in [4.78, 5) is 32.1. The molecule has 1 aromatic carbocycles. The predicted octanol–water partition coefficient (Wildman–Crippen LogP) is 1.35. The third kappa shape index (κ3) is 3.62. The molecule has 0 aliphatic carbocycles. The molecule has 1 fully saturated rings. The van der Waals surface area contributed by atoms with Crippen LogP contribution in [0.3, 0.4) is 0 Å². The highest BCUT2D eigenvalue weighted by molar-refractivity contribution is 6.00. The monoisotopic (exact) mass is 344 g/mol. The summed E-state index contributed by atoms with van der Waals surface area (Å²) in [7, 11) is 1.66. The molecule has 1 atom stereocenters. The zero-order valence-corrected chi connectivity index (χ0v) is 14.2. The third-order valence-electron chi connectivity index (χ3n) is 4.18. The Morgan fingerprint density at radius 2 is 2.28 bits per heavy atom. The van der Waals surface area contributed by atoms with Gasteiger partial charge in [-0.2, -0.15) is 4.98 Å². The van der Waals surface area contributed by atoms with E-state index in [1.54, 1.807) is 19.2 Å². The molecule has 132 valence electrons. The normalized spacial score (nSPS) is 17.1. The van der Waals surface area contributed by atoms with Crippen molar-refractivity contribution < 1.29 is 19.2 Å². The Bertz CT molecular complexity index is 788. The van der Waals surface area contributed by atoms with Crippen LogP contribution in [0.5, 0.6) is 5.75 Å². The number of hydrogen-bond acceptors (Lipinski definition) is 6. The summed E-state index contributed by atoms with van der Waals surface area (Å²) >= 11 is 0. The topological polar surface area (TPSA) is 99.8 Å². The van der Waals surface area contributed by atoms with E-state index in [0.717, 1.165) is 0 Å². The van der Waals surface area contributed by atoms with Crippen molar-refractivity contribution in [3.05, 3.63) is 36.0 Å². The van der Waals surface area contributed by atoms with Crippen LogP contribution in [0, 0.1) is 5.92 Å². The maximum absolute atomic E-state index is 12.6. The lowest BCUT2D eigenvalue weighted by molar-refractivity contribution is -0.135.